The molecule has 1 N–H and O–H groups in total. The third-order valence-corrected chi connectivity index (χ3v) is 3.42. The van der Waals surface area contributed by atoms with Crippen LogP contribution < -0.4 is 4.90 Å². The van der Waals surface area contributed by atoms with E-state index in [0.29, 0.717) is 37.4 Å². The molecule has 0 aliphatic carbocycles. The lowest BCUT2D eigenvalue weighted by molar-refractivity contribution is -0.389. The van der Waals surface area contributed by atoms with Crippen LogP contribution in [0.3, 0.4) is 0 Å². The number of pyridine rings is 1. The molecule has 2 aromatic rings. The Hall–Kier alpha value is -2.15. The van der Waals surface area contributed by atoms with Crippen LogP contribution in [0.4, 0.5) is 11.6 Å². The largest absolute Gasteiger partial charge is 0.393 e. The lowest BCUT2D eigenvalue weighted by atomic mass is 10.1. The predicted molar refractivity (Wildman–Crippen MR) is 69.3 cm³/mol. The third-order valence-electron chi connectivity index (χ3n) is 3.42. The molecule has 1 saturated heterocycles. The number of hydrogen-bond acceptors (Lipinski definition) is 5. The van der Waals surface area contributed by atoms with Gasteiger partial charge in [-0.1, -0.05) is 6.07 Å². The van der Waals surface area contributed by atoms with Crippen LogP contribution in [0.15, 0.2) is 24.4 Å². The Labute approximate surface area is 109 Å². The molecule has 2 aromatic heterocycles. The number of rotatable bonds is 2. The van der Waals surface area contributed by atoms with Crippen molar-refractivity contribution in [2.75, 3.05) is 18.0 Å². The van der Waals surface area contributed by atoms with Crippen LogP contribution in [0.25, 0.3) is 5.65 Å². The van der Waals surface area contributed by atoms with Crippen LogP contribution >= 0.6 is 0 Å². The quantitative estimate of drug-likeness (QED) is 0.649. The van der Waals surface area contributed by atoms with Gasteiger partial charge in [0.05, 0.1) is 12.3 Å². The fourth-order valence-corrected chi connectivity index (χ4v) is 2.43. The summed E-state index contributed by atoms with van der Waals surface area (Å²) < 4.78 is 1.49. The predicted octanol–water partition coefficient (Wildman–Crippen LogP) is 1.20. The van der Waals surface area contributed by atoms with Crippen molar-refractivity contribution in [2.45, 2.75) is 18.9 Å². The smallest absolute Gasteiger partial charge is 0.372 e. The molecule has 0 saturated carbocycles. The molecule has 1 aliphatic heterocycles. The maximum Gasteiger partial charge on any atom is 0.372 e. The van der Waals surface area contributed by atoms with Crippen molar-refractivity contribution in [2.24, 2.45) is 0 Å². The summed E-state index contributed by atoms with van der Waals surface area (Å²) in [5.41, 5.74) is 0.565. The van der Waals surface area contributed by atoms with Gasteiger partial charge in [0.25, 0.3) is 0 Å². The van der Waals surface area contributed by atoms with Gasteiger partial charge in [0, 0.05) is 19.2 Å². The van der Waals surface area contributed by atoms with Gasteiger partial charge in [-0.25, -0.2) is 0 Å². The fourth-order valence-electron chi connectivity index (χ4n) is 2.43. The van der Waals surface area contributed by atoms with Crippen LogP contribution in [0.5, 0.6) is 0 Å². The van der Waals surface area contributed by atoms with Gasteiger partial charge < -0.3 is 20.1 Å². The van der Waals surface area contributed by atoms with Gasteiger partial charge in [-0.05, 0) is 23.8 Å². The van der Waals surface area contributed by atoms with E-state index in [9.17, 15) is 15.2 Å². The Morgan fingerprint density at radius 3 is 2.79 bits per heavy atom. The number of nitrogens with zero attached hydrogens (tertiary/aromatic N) is 4. The number of imidazole rings is 1. The zero-order valence-corrected chi connectivity index (χ0v) is 10.3. The molecule has 100 valence electrons. The number of piperidine rings is 1. The number of aliphatic hydroxyl groups excluding tert-OH is 1. The van der Waals surface area contributed by atoms with Crippen LogP contribution in [0.2, 0.25) is 0 Å². The number of nitro groups is 1. The van der Waals surface area contributed by atoms with Crippen LogP contribution in [-0.2, 0) is 0 Å². The van der Waals surface area contributed by atoms with E-state index < -0.39 is 4.92 Å². The van der Waals surface area contributed by atoms with E-state index in [2.05, 4.69) is 4.98 Å². The highest BCUT2D eigenvalue weighted by Gasteiger charge is 2.29. The van der Waals surface area contributed by atoms with Crippen molar-refractivity contribution in [1.29, 1.82) is 0 Å². The molecule has 0 bridgehead atoms. The molecular weight excluding hydrogens is 248 g/mol. The molecule has 0 atom stereocenters. The summed E-state index contributed by atoms with van der Waals surface area (Å²) >= 11 is 0. The molecule has 0 spiro atoms. The molecule has 0 radical (unpaired) electrons. The first-order chi connectivity index (χ1) is 9.16. The average Bonchev–Trinajstić information content (AvgIpc) is 2.78. The SMILES string of the molecule is O=[N+]([O-])c1c(N2CCC(O)CC2)nc2ccccn12. The average molecular weight is 262 g/mol. The van der Waals surface area contributed by atoms with Crippen LogP contribution in [0.1, 0.15) is 12.8 Å². The number of anilines is 1. The van der Waals surface area contributed by atoms with Crippen molar-refractivity contribution in [1.82, 2.24) is 9.38 Å². The summed E-state index contributed by atoms with van der Waals surface area (Å²) in [6.07, 6.45) is 2.56. The summed E-state index contributed by atoms with van der Waals surface area (Å²) in [5.74, 6) is 0.384. The molecule has 3 rings (SSSR count). The Kier molecular flexibility index (Phi) is 2.83. The van der Waals surface area contributed by atoms with E-state index >= 15 is 0 Å². The maximum absolute atomic E-state index is 11.3. The first-order valence-electron chi connectivity index (χ1n) is 6.21. The van der Waals surface area contributed by atoms with Gasteiger partial charge >= 0.3 is 5.82 Å². The number of aliphatic hydroxyl groups is 1. The van der Waals surface area contributed by atoms with Gasteiger partial charge in [-0.3, -0.25) is 0 Å². The van der Waals surface area contributed by atoms with Crippen LogP contribution in [0, 0.1) is 10.1 Å². The first-order valence-corrected chi connectivity index (χ1v) is 6.21. The zero-order chi connectivity index (χ0) is 13.4. The minimum Gasteiger partial charge on any atom is -0.393 e. The summed E-state index contributed by atoms with van der Waals surface area (Å²) in [6, 6.07) is 5.29. The van der Waals surface area contributed by atoms with E-state index in [1.54, 1.807) is 24.4 Å². The minimum absolute atomic E-state index is 0.00742. The molecular formula is C12H14N4O3. The lowest BCUT2D eigenvalue weighted by Gasteiger charge is -2.28. The molecule has 0 aromatic carbocycles. The molecule has 1 aliphatic rings. The van der Waals surface area contributed by atoms with Crippen molar-refractivity contribution < 1.29 is 10.0 Å². The first kappa shape index (κ1) is 11.9. The topological polar surface area (TPSA) is 83.9 Å². The Morgan fingerprint density at radius 2 is 2.11 bits per heavy atom. The molecule has 0 amide bonds. The van der Waals surface area contributed by atoms with E-state index in [-0.39, 0.29) is 11.9 Å². The maximum atomic E-state index is 11.3. The Balaban J connectivity index is 2.07. The third kappa shape index (κ3) is 2.01. The van der Waals surface area contributed by atoms with Gasteiger partial charge in [-0.2, -0.15) is 9.38 Å². The van der Waals surface area contributed by atoms with Crippen molar-refractivity contribution >= 4 is 17.3 Å². The Morgan fingerprint density at radius 1 is 1.37 bits per heavy atom. The highest BCUT2D eigenvalue weighted by molar-refractivity contribution is 5.63. The highest BCUT2D eigenvalue weighted by atomic mass is 16.6. The molecule has 7 heteroatoms. The Bertz CT molecular complexity index is 616. The summed E-state index contributed by atoms with van der Waals surface area (Å²) in [7, 11) is 0. The van der Waals surface area contributed by atoms with Gasteiger partial charge in [0.1, 0.15) is 0 Å². The number of hydrogen-bond donors (Lipinski definition) is 1. The molecule has 7 nitrogen and oxygen atoms in total. The second-order valence-electron chi connectivity index (χ2n) is 4.66. The standard InChI is InChI=1S/C12H14N4O3/c17-9-4-7-14(8-5-9)11-12(16(18)19)15-6-2-1-3-10(15)13-11/h1-3,6,9,17H,4-5,7-8H2. The molecule has 3 heterocycles. The molecule has 1 fully saturated rings. The summed E-state index contributed by atoms with van der Waals surface area (Å²) in [6.45, 7) is 1.18. The highest BCUT2D eigenvalue weighted by Crippen LogP contribution is 2.30. The number of aromatic nitrogens is 2. The van der Waals surface area contributed by atoms with Crippen molar-refractivity contribution in [3.63, 3.8) is 0 Å². The van der Waals surface area contributed by atoms with Crippen molar-refractivity contribution in [3.8, 4) is 0 Å². The monoisotopic (exact) mass is 262 g/mol. The van der Waals surface area contributed by atoms with E-state index in [4.69, 9.17) is 0 Å². The van der Waals surface area contributed by atoms with Gasteiger partial charge in [0.2, 0.25) is 11.5 Å². The van der Waals surface area contributed by atoms with Gasteiger partial charge in [-0.15, -0.1) is 0 Å². The fraction of sp³-hybridized carbons (Fsp3) is 0.417. The molecule has 19 heavy (non-hydrogen) atoms. The summed E-state index contributed by atoms with van der Waals surface area (Å²) in [5, 5.41) is 20.8. The second kappa shape index (κ2) is 4.51. The van der Waals surface area contributed by atoms with Gasteiger partial charge in [0.15, 0.2) is 0 Å². The van der Waals surface area contributed by atoms with Crippen molar-refractivity contribution in [3.05, 3.63) is 34.5 Å². The minimum atomic E-state index is -0.402. The summed E-state index contributed by atoms with van der Waals surface area (Å²) in [4.78, 5) is 17.1. The zero-order valence-electron chi connectivity index (χ0n) is 10.3. The lowest BCUT2D eigenvalue weighted by Crippen LogP contribution is -2.36. The number of fused-ring (bicyclic) bond motifs is 1. The van der Waals surface area contributed by atoms with Crippen LogP contribution in [-0.4, -0.2) is 38.6 Å². The van der Waals surface area contributed by atoms with E-state index in [0.717, 1.165) is 0 Å². The normalized spacial score (nSPS) is 17.0. The second-order valence-corrected chi connectivity index (χ2v) is 4.66. The van der Waals surface area contributed by atoms with E-state index in [1.165, 1.54) is 4.40 Å². The molecule has 0 unspecified atom stereocenters. The van der Waals surface area contributed by atoms with E-state index in [1.807, 2.05) is 4.90 Å².